The Labute approximate surface area is 186 Å². The van der Waals surface area contributed by atoms with Crippen molar-refractivity contribution in [3.05, 3.63) is 26.6 Å². The molecule has 0 saturated carbocycles. The lowest BCUT2D eigenvalue weighted by Gasteiger charge is -2.27. The average Bonchev–Trinajstić information content (AvgIpc) is 3.01. The predicted molar refractivity (Wildman–Crippen MR) is 120 cm³/mol. The van der Waals surface area contributed by atoms with Gasteiger partial charge in [-0.2, -0.15) is 0 Å². The Hall–Kier alpha value is -1.85. The summed E-state index contributed by atoms with van der Waals surface area (Å²) in [4.78, 5) is 35.0. The molecule has 9 nitrogen and oxygen atoms in total. The van der Waals surface area contributed by atoms with Crippen molar-refractivity contribution < 1.29 is 24.1 Å². The zero-order chi connectivity index (χ0) is 23.2. The van der Waals surface area contributed by atoms with Gasteiger partial charge in [0.15, 0.2) is 0 Å². The van der Waals surface area contributed by atoms with Crippen LogP contribution >= 0.6 is 11.3 Å². The SMILES string of the molecule is CCOC(=O)c1sc2nc(CN(CCOC)CC(O)COC(C)(C)C)[nH]c(=O)c2c1C. The molecule has 2 aromatic heterocycles. The molecule has 31 heavy (non-hydrogen) atoms. The fourth-order valence-electron chi connectivity index (χ4n) is 3.02. The lowest BCUT2D eigenvalue weighted by Crippen LogP contribution is -2.38. The van der Waals surface area contributed by atoms with Gasteiger partial charge in [-0.25, -0.2) is 9.78 Å². The van der Waals surface area contributed by atoms with Crippen LogP contribution in [0.1, 0.15) is 48.8 Å². The summed E-state index contributed by atoms with van der Waals surface area (Å²) in [5, 5.41) is 10.8. The summed E-state index contributed by atoms with van der Waals surface area (Å²) in [6.07, 6.45) is -0.703. The van der Waals surface area contributed by atoms with Gasteiger partial charge in [0.2, 0.25) is 0 Å². The molecule has 0 saturated heterocycles. The summed E-state index contributed by atoms with van der Waals surface area (Å²) in [7, 11) is 1.61. The molecule has 174 valence electrons. The summed E-state index contributed by atoms with van der Waals surface area (Å²) < 4.78 is 15.9. The standard InChI is InChI=1S/C21H33N3O6S/c1-7-29-20(27)17-13(2)16-18(26)22-15(23-19(16)31-17)11-24(8-9-28-6)10-14(25)12-30-21(3,4)5/h14,25H,7-12H2,1-6H3,(H,22,23,26). The first-order valence-electron chi connectivity index (χ1n) is 10.3. The van der Waals surface area contributed by atoms with Crippen LogP contribution in [0.4, 0.5) is 0 Å². The maximum Gasteiger partial charge on any atom is 0.348 e. The largest absolute Gasteiger partial charge is 0.462 e. The molecule has 2 heterocycles. The van der Waals surface area contributed by atoms with Crippen LogP contribution in [0.3, 0.4) is 0 Å². The molecule has 1 unspecified atom stereocenters. The third-order valence-corrected chi connectivity index (χ3v) is 5.64. The zero-order valence-corrected chi connectivity index (χ0v) is 19.9. The number of H-pyrrole nitrogens is 1. The first-order chi connectivity index (χ1) is 14.6. The molecule has 0 radical (unpaired) electrons. The number of aromatic nitrogens is 2. The van der Waals surface area contributed by atoms with Crippen LogP contribution in [-0.4, -0.2) is 77.7 Å². The Bertz CT molecular complexity index is 934. The highest BCUT2D eigenvalue weighted by Gasteiger charge is 2.22. The van der Waals surface area contributed by atoms with Gasteiger partial charge in [0.1, 0.15) is 15.5 Å². The van der Waals surface area contributed by atoms with Crippen molar-refractivity contribution in [1.29, 1.82) is 0 Å². The van der Waals surface area contributed by atoms with E-state index in [-0.39, 0.29) is 24.4 Å². The number of hydrogen-bond donors (Lipinski definition) is 2. The molecule has 0 aliphatic heterocycles. The summed E-state index contributed by atoms with van der Waals surface area (Å²) in [6, 6.07) is 0. The van der Waals surface area contributed by atoms with Gasteiger partial charge in [-0.15, -0.1) is 11.3 Å². The molecule has 0 amide bonds. The quantitative estimate of drug-likeness (QED) is 0.495. The number of carbonyl (C=O) groups excluding carboxylic acids is 1. The Balaban J connectivity index is 2.22. The second-order valence-electron chi connectivity index (χ2n) is 8.27. The second kappa shape index (κ2) is 11.1. The minimum atomic E-state index is -0.703. The number of ether oxygens (including phenoxy) is 3. The van der Waals surface area contributed by atoms with E-state index in [0.717, 1.165) is 11.3 Å². The van der Waals surface area contributed by atoms with Crippen LogP contribution in [-0.2, 0) is 20.8 Å². The number of methoxy groups -OCH3 is 1. The topological polar surface area (TPSA) is 114 Å². The molecular formula is C21H33N3O6S. The van der Waals surface area contributed by atoms with Gasteiger partial charge in [0.25, 0.3) is 5.56 Å². The van der Waals surface area contributed by atoms with Gasteiger partial charge in [0.05, 0.1) is 43.5 Å². The predicted octanol–water partition coefficient (Wildman–Crippen LogP) is 2.09. The molecule has 10 heteroatoms. The van der Waals surface area contributed by atoms with Crippen LogP contribution in [0.15, 0.2) is 4.79 Å². The monoisotopic (exact) mass is 455 g/mol. The van der Waals surface area contributed by atoms with Crippen molar-refractivity contribution in [3.63, 3.8) is 0 Å². The highest BCUT2D eigenvalue weighted by atomic mass is 32.1. The second-order valence-corrected chi connectivity index (χ2v) is 9.27. The molecule has 0 aromatic carbocycles. The molecule has 1 atom stereocenters. The van der Waals surface area contributed by atoms with Gasteiger partial charge >= 0.3 is 5.97 Å². The molecule has 0 fully saturated rings. The number of aliphatic hydroxyl groups is 1. The van der Waals surface area contributed by atoms with E-state index in [4.69, 9.17) is 14.2 Å². The number of aromatic amines is 1. The average molecular weight is 456 g/mol. The van der Waals surface area contributed by atoms with E-state index >= 15 is 0 Å². The Kier molecular flexibility index (Phi) is 9.14. The number of nitrogens with zero attached hydrogens (tertiary/aromatic N) is 2. The number of hydrogen-bond acceptors (Lipinski definition) is 9. The van der Waals surface area contributed by atoms with Gasteiger partial charge in [-0.3, -0.25) is 9.69 Å². The van der Waals surface area contributed by atoms with E-state index in [2.05, 4.69) is 9.97 Å². The number of aryl methyl sites for hydroxylation is 1. The van der Waals surface area contributed by atoms with Crippen LogP contribution in [0, 0.1) is 6.92 Å². The molecule has 0 aliphatic rings. The molecule has 0 spiro atoms. The maximum absolute atomic E-state index is 12.7. The fourth-order valence-corrected chi connectivity index (χ4v) is 4.11. The van der Waals surface area contributed by atoms with Crippen molar-refractivity contribution >= 4 is 27.5 Å². The van der Waals surface area contributed by atoms with Crippen molar-refractivity contribution in [2.75, 3.05) is 40.0 Å². The van der Waals surface area contributed by atoms with Crippen LogP contribution in [0.5, 0.6) is 0 Å². The van der Waals surface area contributed by atoms with Crippen LogP contribution in [0.2, 0.25) is 0 Å². The fraction of sp³-hybridized carbons (Fsp3) is 0.667. The van der Waals surface area contributed by atoms with Gasteiger partial charge in [-0.1, -0.05) is 0 Å². The summed E-state index contributed by atoms with van der Waals surface area (Å²) in [5.41, 5.74) is -0.0681. The Morgan fingerprint density at radius 2 is 2.06 bits per heavy atom. The number of carbonyl (C=O) groups is 1. The number of thiophene rings is 1. The smallest absolute Gasteiger partial charge is 0.348 e. The normalized spacial score (nSPS) is 13.2. The third kappa shape index (κ3) is 7.36. The minimum absolute atomic E-state index is 0.197. The maximum atomic E-state index is 12.7. The first kappa shape index (κ1) is 25.4. The van der Waals surface area contributed by atoms with E-state index in [0.29, 0.717) is 52.7 Å². The van der Waals surface area contributed by atoms with E-state index < -0.39 is 12.1 Å². The van der Waals surface area contributed by atoms with Crippen molar-refractivity contribution in [3.8, 4) is 0 Å². The first-order valence-corrected chi connectivity index (χ1v) is 11.1. The summed E-state index contributed by atoms with van der Waals surface area (Å²) >= 11 is 1.15. The molecular weight excluding hydrogens is 422 g/mol. The number of aliphatic hydroxyl groups excluding tert-OH is 1. The van der Waals surface area contributed by atoms with Crippen molar-refractivity contribution in [2.24, 2.45) is 0 Å². The molecule has 2 rings (SSSR count). The van der Waals surface area contributed by atoms with E-state index in [1.54, 1.807) is 21.0 Å². The zero-order valence-electron chi connectivity index (χ0n) is 19.1. The van der Waals surface area contributed by atoms with Gasteiger partial charge in [-0.05, 0) is 40.2 Å². The van der Waals surface area contributed by atoms with Crippen LogP contribution < -0.4 is 5.56 Å². The molecule has 0 bridgehead atoms. The highest BCUT2D eigenvalue weighted by Crippen LogP contribution is 2.27. The summed E-state index contributed by atoms with van der Waals surface area (Å²) in [5.74, 6) is 0.00171. The molecule has 2 N–H and O–H groups in total. The number of esters is 1. The van der Waals surface area contributed by atoms with Gasteiger partial charge < -0.3 is 24.3 Å². The lowest BCUT2D eigenvalue weighted by atomic mass is 10.2. The number of nitrogens with one attached hydrogen (secondary N) is 1. The van der Waals surface area contributed by atoms with E-state index in [9.17, 15) is 14.7 Å². The lowest BCUT2D eigenvalue weighted by molar-refractivity contribution is -0.0578. The van der Waals surface area contributed by atoms with Crippen molar-refractivity contribution in [2.45, 2.75) is 52.9 Å². The van der Waals surface area contributed by atoms with E-state index in [1.165, 1.54) is 0 Å². The summed E-state index contributed by atoms with van der Waals surface area (Å²) in [6.45, 7) is 11.4. The Morgan fingerprint density at radius 1 is 1.35 bits per heavy atom. The van der Waals surface area contributed by atoms with E-state index in [1.807, 2.05) is 25.7 Å². The highest BCUT2D eigenvalue weighted by molar-refractivity contribution is 7.20. The number of rotatable bonds is 11. The van der Waals surface area contributed by atoms with Crippen molar-refractivity contribution in [1.82, 2.24) is 14.9 Å². The van der Waals surface area contributed by atoms with Crippen LogP contribution in [0.25, 0.3) is 10.2 Å². The Morgan fingerprint density at radius 3 is 2.68 bits per heavy atom. The third-order valence-electron chi connectivity index (χ3n) is 4.47. The molecule has 0 aliphatic carbocycles. The minimum Gasteiger partial charge on any atom is -0.462 e. The van der Waals surface area contributed by atoms with Gasteiger partial charge in [0, 0.05) is 20.2 Å². The number of fused-ring (bicyclic) bond motifs is 1. The molecule has 2 aromatic rings.